The molecule has 1 atom stereocenters. The molecule has 2 N–H and O–H groups in total. The van der Waals surface area contributed by atoms with Gasteiger partial charge in [0.05, 0.1) is 18.6 Å². The Kier molecular flexibility index (Phi) is 6.14. The van der Waals surface area contributed by atoms with Crippen LogP contribution in [0.4, 0.5) is 4.39 Å². The smallest absolute Gasteiger partial charge is 0.255 e. The average Bonchev–Trinajstić information content (AvgIpc) is 3.08. The molecule has 0 aliphatic rings. The molecule has 0 radical (unpaired) electrons. The first-order valence-electron chi connectivity index (χ1n) is 9.18. The lowest BCUT2D eigenvalue weighted by atomic mass is 10.0. The summed E-state index contributed by atoms with van der Waals surface area (Å²) in [5.74, 6) is -0.164. The van der Waals surface area contributed by atoms with Gasteiger partial charge in [0.2, 0.25) is 0 Å². The van der Waals surface area contributed by atoms with Gasteiger partial charge in [0.25, 0.3) is 5.91 Å². The van der Waals surface area contributed by atoms with Gasteiger partial charge in [-0.1, -0.05) is 0 Å². The molecule has 3 rings (SSSR count). The standard InChI is InChI=1S/C21H23FN2O5S/c1-12(24-11-30(4,26)27)15-9-18-16(10-17(15)28-3)19(21(25)23-2)20(29-18)13-5-7-14(22)8-6-13/h5-10,12,24H,11H2,1-4H3,(H,23,25). The van der Waals surface area contributed by atoms with Crippen LogP contribution >= 0.6 is 0 Å². The number of rotatable bonds is 7. The van der Waals surface area contributed by atoms with Crippen LogP contribution in [0.25, 0.3) is 22.3 Å². The molecule has 1 aromatic heterocycles. The summed E-state index contributed by atoms with van der Waals surface area (Å²) in [6, 6.07) is 8.69. The first-order chi connectivity index (χ1) is 14.1. The Balaban J connectivity index is 2.17. The van der Waals surface area contributed by atoms with Crippen LogP contribution < -0.4 is 15.4 Å². The molecule has 3 aromatic rings. The number of amides is 1. The number of hydrogen-bond acceptors (Lipinski definition) is 6. The molecular weight excluding hydrogens is 411 g/mol. The van der Waals surface area contributed by atoms with Gasteiger partial charge >= 0.3 is 0 Å². The van der Waals surface area contributed by atoms with Crippen LogP contribution in [-0.2, 0) is 9.84 Å². The molecule has 1 heterocycles. The van der Waals surface area contributed by atoms with Gasteiger partial charge in [0.1, 0.15) is 22.9 Å². The zero-order chi connectivity index (χ0) is 22.1. The second-order valence-corrected chi connectivity index (χ2v) is 9.12. The number of nitrogens with one attached hydrogen (secondary N) is 2. The third-order valence-corrected chi connectivity index (χ3v) is 5.41. The van der Waals surface area contributed by atoms with E-state index in [0.717, 1.165) is 6.26 Å². The van der Waals surface area contributed by atoms with Gasteiger partial charge in [-0.05, 0) is 43.3 Å². The second-order valence-electron chi connectivity index (χ2n) is 6.98. The highest BCUT2D eigenvalue weighted by Gasteiger charge is 2.24. The zero-order valence-corrected chi connectivity index (χ0v) is 17.9. The Hall–Kier alpha value is -2.91. The Bertz CT molecular complexity index is 1190. The fourth-order valence-corrected chi connectivity index (χ4v) is 3.75. The van der Waals surface area contributed by atoms with Crippen molar-refractivity contribution < 1.29 is 26.8 Å². The van der Waals surface area contributed by atoms with Crippen molar-refractivity contribution in [2.24, 2.45) is 0 Å². The molecular formula is C21H23FN2O5S. The van der Waals surface area contributed by atoms with Gasteiger partial charge < -0.3 is 14.5 Å². The summed E-state index contributed by atoms with van der Waals surface area (Å²) in [4.78, 5) is 12.6. The number of hydrogen-bond donors (Lipinski definition) is 2. The van der Waals surface area contributed by atoms with E-state index in [1.807, 2.05) is 0 Å². The molecule has 0 bridgehead atoms. The normalized spacial score (nSPS) is 12.7. The summed E-state index contributed by atoms with van der Waals surface area (Å²) in [5, 5.41) is 6.07. The van der Waals surface area contributed by atoms with E-state index >= 15 is 0 Å². The summed E-state index contributed by atoms with van der Waals surface area (Å²) in [6.45, 7) is 1.80. The maximum atomic E-state index is 13.4. The van der Waals surface area contributed by atoms with Crippen molar-refractivity contribution in [1.29, 1.82) is 0 Å². The fraction of sp³-hybridized carbons (Fsp3) is 0.286. The highest BCUT2D eigenvalue weighted by Crippen LogP contribution is 2.38. The Morgan fingerprint density at radius 1 is 1.23 bits per heavy atom. The summed E-state index contributed by atoms with van der Waals surface area (Å²) in [5.41, 5.74) is 1.96. The first kappa shape index (κ1) is 21.8. The predicted molar refractivity (Wildman–Crippen MR) is 113 cm³/mol. The quantitative estimate of drug-likeness (QED) is 0.592. The van der Waals surface area contributed by atoms with Crippen molar-refractivity contribution in [1.82, 2.24) is 10.6 Å². The predicted octanol–water partition coefficient (Wildman–Crippen LogP) is 3.26. The molecule has 0 spiro atoms. The third-order valence-electron chi connectivity index (χ3n) is 4.72. The molecule has 9 heteroatoms. The summed E-state index contributed by atoms with van der Waals surface area (Å²) in [7, 11) is -0.198. The molecule has 30 heavy (non-hydrogen) atoms. The first-order valence-corrected chi connectivity index (χ1v) is 11.2. The van der Waals surface area contributed by atoms with E-state index in [0.29, 0.717) is 39.2 Å². The fourth-order valence-electron chi connectivity index (χ4n) is 3.20. The average molecular weight is 434 g/mol. The van der Waals surface area contributed by atoms with Crippen LogP contribution in [0.5, 0.6) is 5.75 Å². The summed E-state index contributed by atoms with van der Waals surface area (Å²) < 4.78 is 47.8. The lowest BCUT2D eigenvalue weighted by Crippen LogP contribution is -2.25. The molecule has 1 amide bonds. The maximum Gasteiger partial charge on any atom is 0.255 e. The molecule has 160 valence electrons. The van der Waals surface area contributed by atoms with E-state index in [1.165, 1.54) is 38.4 Å². The minimum absolute atomic E-state index is 0.197. The lowest BCUT2D eigenvalue weighted by Gasteiger charge is -2.17. The number of furan rings is 1. The van der Waals surface area contributed by atoms with Gasteiger partial charge in [0.15, 0.2) is 9.84 Å². The number of halogens is 1. The lowest BCUT2D eigenvalue weighted by molar-refractivity contribution is 0.0964. The largest absolute Gasteiger partial charge is 0.496 e. The van der Waals surface area contributed by atoms with Crippen LogP contribution in [0.3, 0.4) is 0 Å². The van der Waals surface area contributed by atoms with Crippen molar-refractivity contribution in [2.45, 2.75) is 13.0 Å². The molecule has 0 aliphatic heterocycles. The third kappa shape index (κ3) is 4.47. The van der Waals surface area contributed by atoms with E-state index in [1.54, 1.807) is 19.1 Å². The minimum Gasteiger partial charge on any atom is -0.496 e. The van der Waals surface area contributed by atoms with Crippen molar-refractivity contribution in [3.05, 3.63) is 53.3 Å². The van der Waals surface area contributed by atoms with Gasteiger partial charge in [0, 0.05) is 35.9 Å². The number of benzene rings is 2. The highest BCUT2D eigenvalue weighted by molar-refractivity contribution is 7.90. The van der Waals surface area contributed by atoms with Crippen molar-refractivity contribution in [3.8, 4) is 17.1 Å². The molecule has 7 nitrogen and oxygen atoms in total. The van der Waals surface area contributed by atoms with Crippen LogP contribution in [-0.4, -0.2) is 40.6 Å². The molecule has 0 saturated carbocycles. The van der Waals surface area contributed by atoms with Crippen LogP contribution in [0.2, 0.25) is 0 Å². The number of ether oxygens (including phenoxy) is 1. The van der Waals surface area contributed by atoms with Crippen molar-refractivity contribution in [3.63, 3.8) is 0 Å². The van der Waals surface area contributed by atoms with E-state index in [4.69, 9.17) is 9.15 Å². The number of methoxy groups -OCH3 is 1. The SMILES string of the molecule is CNC(=O)c1c(-c2ccc(F)cc2)oc2cc(C(C)NCS(C)(=O)=O)c(OC)cc12. The van der Waals surface area contributed by atoms with E-state index in [2.05, 4.69) is 10.6 Å². The van der Waals surface area contributed by atoms with E-state index in [9.17, 15) is 17.6 Å². The van der Waals surface area contributed by atoms with Gasteiger partial charge in [-0.2, -0.15) is 0 Å². The Morgan fingerprint density at radius 2 is 1.90 bits per heavy atom. The highest BCUT2D eigenvalue weighted by atomic mass is 32.2. The van der Waals surface area contributed by atoms with Gasteiger partial charge in [-0.25, -0.2) is 12.8 Å². The molecule has 0 saturated heterocycles. The van der Waals surface area contributed by atoms with Crippen LogP contribution in [0.15, 0.2) is 40.8 Å². The van der Waals surface area contributed by atoms with Gasteiger partial charge in [-0.3, -0.25) is 10.1 Å². The number of carbonyl (C=O) groups excluding carboxylic acids is 1. The molecule has 0 aliphatic carbocycles. The molecule has 2 aromatic carbocycles. The number of carbonyl (C=O) groups is 1. The number of fused-ring (bicyclic) bond motifs is 1. The van der Waals surface area contributed by atoms with Gasteiger partial charge in [-0.15, -0.1) is 0 Å². The Morgan fingerprint density at radius 3 is 2.47 bits per heavy atom. The van der Waals surface area contributed by atoms with Crippen molar-refractivity contribution >= 4 is 26.7 Å². The second kappa shape index (κ2) is 8.45. The number of sulfone groups is 1. The maximum absolute atomic E-state index is 13.4. The summed E-state index contributed by atoms with van der Waals surface area (Å²) in [6.07, 6.45) is 1.14. The van der Waals surface area contributed by atoms with Crippen LogP contribution in [0, 0.1) is 5.82 Å². The van der Waals surface area contributed by atoms with Crippen molar-refractivity contribution in [2.75, 3.05) is 26.3 Å². The topological polar surface area (TPSA) is 97.6 Å². The minimum atomic E-state index is -3.20. The van der Waals surface area contributed by atoms with Crippen LogP contribution in [0.1, 0.15) is 28.9 Å². The molecule has 1 unspecified atom stereocenters. The molecule has 0 fully saturated rings. The van der Waals surface area contributed by atoms with E-state index < -0.39 is 15.7 Å². The zero-order valence-electron chi connectivity index (χ0n) is 17.1. The summed E-state index contributed by atoms with van der Waals surface area (Å²) >= 11 is 0. The monoisotopic (exact) mass is 434 g/mol. The van der Waals surface area contributed by atoms with E-state index in [-0.39, 0.29) is 17.8 Å². The Labute approximate surface area is 174 Å².